The van der Waals surface area contributed by atoms with Gasteiger partial charge < -0.3 is 20.9 Å². The first-order valence-corrected chi connectivity index (χ1v) is 11.2. The Morgan fingerprint density at radius 1 is 1.06 bits per heavy atom. The second-order valence-electron chi connectivity index (χ2n) is 8.26. The number of aliphatic hydroxyl groups excluding tert-OH is 1. The molecule has 5 N–H and O–H groups in total. The fourth-order valence-corrected chi connectivity index (χ4v) is 3.45. The number of hydrogen-bond donors (Lipinski definition) is 4. The van der Waals surface area contributed by atoms with Crippen molar-refractivity contribution >= 4 is 12.0 Å². The first-order chi connectivity index (χ1) is 15.8. The van der Waals surface area contributed by atoms with E-state index in [2.05, 4.69) is 15.5 Å². The molecule has 0 aliphatic carbocycles. The Morgan fingerprint density at radius 3 is 2.18 bits per heavy atom. The fraction of sp³-hybridized carbons (Fsp3) is 0.440. The van der Waals surface area contributed by atoms with Crippen LogP contribution in [0.25, 0.3) is 0 Å². The quantitative estimate of drug-likeness (QED) is 0.364. The van der Waals surface area contributed by atoms with Gasteiger partial charge in [-0.05, 0) is 23.5 Å². The number of hydrogen-bond acceptors (Lipinski definition) is 6. The Hall–Kier alpha value is -2.94. The number of ether oxygens (including phenoxy) is 1. The molecular weight excluding hydrogens is 420 g/mol. The summed E-state index contributed by atoms with van der Waals surface area (Å²) in [7, 11) is 1.26. The number of nitrogens with zero attached hydrogens (tertiary/aromatic N) is 1. The Balaban J connectivity index is 2.13. The highest BCUT2D eigenvalue weighted by Crippen LogP contribution is 2.11. The number of amides is 2. The van der Waals surface area contributed by atoms with Crippen LogP contribution in [-0.2, 0) is 22.5 Å². The summed E-state index contributed by atoms with van der Waals surface area (Å²) >= 11 is 0. The molecule has 2 amide bonds. The number of carbonyl (C=O) groups excluding carboxylic acids is 2. The van der Waals surface area contributed by atoms with E-state index in [0.29, 0.717) is 19.4 Å². The number of rotatable bonds is 12. The Labute approximate surface area is 196 Å². The molecular formula is C25H36N4O4. The van der Waals surface area contributed by atoms with Crippen LogP contribution in [0.15, 0.2) is 60.7 Å². The topological polar surface area (TPSA) is 117 Å². The van der Waals surface area contributed by atoms with Gasteiger partial charge in [0.15, 0.2) is 0 Å². The molecule has 180 valence electrons. The summed E-state index contributed by atoms with van der Waals surface area (Å²) < 4.78 is 4.68. The Morgan fingerprint density at radius 2 is 1.64 bits per heavy atom. The average Bonchev–Trinajstić information content (AvgIpc) is 2.82. The lowest BCUT2D eigenvalue weighted by molar-refractivity contribution is -0.130. The molecule has 0 aliphatic heterocycles. The molecule has 0 aliphatic rings. The summed E-state index contributed by atoms with van der Waals surface area (Å²) in [6, 6.07) is 18.0. The van der Waals surface area contributed by atoms with Gasteiger partial charge in [0, 0.05) is 19.1 Å². The molecule has 0 radical (unpaired) electrons. The van der Waals surface area contributed by atoms with Gasteiger partial charge in [-0.15, -0.1) is 0 Å². The van der Waals surface area contributed by atoms with Gasteiger partial charge in [0.2, 0.25) is 0 Å². The third-order valence-corrected chi connectivity index (χ3v) is 5.65. The van der Waals surface area contributed by atoms with Crippen LogP contribution in [0.4, 0.5) is 4.79 Å². The van der Waals surface area contributed by atoms with Gasteiger partial charge in [0.25, 0.3) is 5.91 Å². The smallest absolute Gasteiger partial charge is 0.407 e. The lowest BCUT2D eigenvalue weighted by atomic mass is 9.98. The first kappa shape index (κ1) is 26.3. The molecule has 0 fully saturated rings. The van der Waals surface area contributed by atoms with Crippen molar-refractivity contribution in [1.29, 1.82) is 0 Å². The van der Waals surface area contributed by atoms with E-state index in [1.807, 2.05) is 74.5 Å². The molecule has 8 heteroatoms. The maximum atomic E-state index is 13.1. The zero-order valence-corrected chi connectivity index (χ0v) is 19.6. The van der Waals surface area contributed by atoms with Crippen molar-refractivity contribution in [1.82, 2.24) is 15.8 Å². The van der Waals surface area contributed by atoms with E-state index >= 15 is 0 Å². The second-order valence-corrected chi connectivity index (χ2v) is 8.26. The number of alkyl carbamates (subject to hydrolysis) is 1. The monoisotopic (exact) mass is 456 g/mol. The number of methoxy groups -OCH3 is 1. The molecule has 2 aromatic rings. The first-order valence-electron chi connectivity index (χ1n) is 11.2. The summed E-state index contributed by atoms with van der Waals surface area (Å²) in [6.45, 7) is 4.32. The SMILES string of the molecule is CC[C@H](C)[C@H](NC(=O)OC)C(=O)NN(Cc1ccccc1)C[C@H](O)[C@@H](N)Cc1ccccc1. The molecule has 0 unspecified atom stereocenters. The number of aliphatic hydroxyl groups is 1. The maximum Gasteiger partial charge on any atom is 0.407 e. The van der Waals surface area contributed by atoms with Gasteiger partial charge >= 0.3 is 6.09 Å². The summed E-state index contributed by atoms with van der Waals surface area (Å²) in [5.74, 6) is -0.498. The molecule has 2 rings (SSSR count). The lowest BCUT2D eigenvalue weighted by Gasteiger charge is -2.31. The van der Waals surface area contributed by atoms with Crippen molar-refractivity contribution < 1.29 is 19.4 Å². The van der Waals surface area contributed by atoms with E-state index in [9.17, 15) is 14.7 Å². The minimum absolute atomic E-state index is 0.118. The molecule has 0 aromatic heterocycles. The third kappa shape index (κ3) is 8.84. The van der Waals surface area contributed by atoms with Crippen molar-refractivity contribution in [3.8, 4) is 0 Å². The zero-order chi connectivity index (χ0) is 24.2. The van der Waals surface area contributed by atoms with Crippen LogP contribution in [0.3, 0.4) is 0 Å². The molecule has 33 heavy (non-hydrogen) atoms. The molecule has 0 saturated heterocycles. The van der Waals surface area contributed by atoms with Crippen molar-refractivity contribution in [2.75, 3.05) is 13.7 Å². The van der Waals surface area contributed by atoms with Crippen LogP contribution >= 0.6 is 0 Å². The fourth-order valence-electron chi connectivity index (χ4n) is 3.45. The predicted molar refractivity (Wildman–Crippen MR) is 128 cm³/mol. The molecule has 0 spiro atoms. The minimum Gasteiger partial charge on any atom is -0.453 e. The van der Waals surface area contributed by atoms with Crippen LogP contribution in [0.5, 0.6) is 0 Å². The van der Waals surface area contributed by atoms with E-state index in [1.54, 1.807) is 5.01 Å². The van der Waals surface area contributed by atoms with Crippen LogP contribution in [0.1, 0.15) is 31.4 Å². The number of nitrogens with one attached hydrogen (secondary N) is 2. The van der Waals surface area contributed by atoms with E-state index in [-0.39, 0.29) is 18.4 Å². The molecule has 2 aromatic carbocycles. The van der Waals surface area contributed by atoms with Crippen LogP contribution in [0.2, 0.25) is 0 Å². The standard InChI is InChI=1S/C25H36N4O4/c1-4-18(2)23(27-25(32)33-3)24(31)28-29(16-20-13-9-6-10-14-20)17-22(30)21(26)15-19-11-7-5-8-12-19/h5-14,18,21-23,30H,4,15-17,26H2,1-3H3,(H,27,32)(H,28,31)/t18-,21-,22-,23-/m0/s1. The summed E-state index contributed by atoms with van der Waals surface area (Å²) in [5.41, 5.74) is 11.1. The van der Waals surface area contributed by atoms with E-state index < -0.39 is 24.3 Å². The maximum absolute atomic E-state index is 13.1. The highest BCUT2D eigenvalue weighted by Gasteiger charge is 2.29. The van der Waals surface area contributed by atoms with Gasteiger partial charge in [-0.1, -0.05) is 80.9 Å². The molecule has 0 heterocycles. The summed E-state index contributed by atoms with van der Waals surface area (Å²) in [4.78, 5) is 24.9. The van der Waals surface area contributed by atoms with Crippen molar-refractivity contribution in [3.63, 3.8) is 0 Å². The van der Waals surface area contributed by atoms with Crippen LogP contribution in [0, 0.1) is 5.92 Å². The van der Waals surface area contributed by atoms with Gasteiger partial charge in [0.1, 0.15) is 6.04 Å². The van der Waals surface area contributed by atoms with E-state index in [1.165, 1.54) is 7.11 Å². The van der Waals surface area contributed by atoms with Crippen molar-refractivity contribution in [2.45, 2.75) is 51.4 Å². The largest absolute Gasteiger partial charge is 0.453 e. The average molecular weight is 457 g/mol. The molecule has 4 atom stereocenters. The predicted octanol–water partition coefficient (Wildman–Crippen LogP) is 2.22. The normalized spacial score (nSPS) is 14.7. The number of hydrazine groups is 1. The minimum atomic E-state index is -0.884. The van der Waals surface area contributed by atoms with Crippen molar-refractivity contribution in [2.24, 2.45) is 11.7 Å². The molecule has 0 saturated carbocycles. The van der Waals surface area contributed by atoms with Gasteiger partial charge in [-0.25, -0.2) is 9.80 Å². The van der Waals surface area contributed by atoms with Gasteiger partial charge in [-0.2, -0.15) is 0 Å². The Bertz CT molecular complexity index is 850. The van der Waals surface area contributed by atoms with Gasteiger partial charge in [-0.3, -0.25) is 10.2 Å². The number of carbonyl (C=O) groups is 2. The molecule has 8 nitrogen and oxygen atoms in total. The number of benzene rings is 2. The van der Waals surface area contributed by atoms with Crippen LogP contribution in [-0.4, -0.2) is 54.0 Å². The van der Waals surface area contributed by atoms with Crippen LogP contribution < -0.4 is 16.5 Å². The lowest BCUT2D eigenvalue weighted by Crippen LogP contribution is -2.57. The summed E-state index contributed by atoms with van der Waals surface area (Å²) in [6.07, 6.45) is -0.361. The second kappa shape index (κ2) is 13.6. The van der Waals surface area contributed by atoms with Gasteiger partial charge in [0.05, 0.1) is 13.2 Å². The van der Waals surface area contributed by atoms with E-state index in [0.717, 1.165) is 11.1 Å². The highest BCUT2D eigenvalue weighted by molar-refractivity contribution is 5.85. The highest BCUT2D eigenvalue weighted by atomic mass is 16.5. The third-order valence-electron chi connectivity index (χ3n) is 5.65. The Kier molecular flexibility index (Phi) is 10.8. The number of nitrogens with two attached hydrogens (primary N) is 1. The molecule has 0 bridgehead atoms. The zero-order valence-electron chi connectivity index (χ0n) is 19.6. The van der Waals surface area contributed by atoms with E-state index in [4.69, 9.17) is 5.73 Å². The summed E-state index contributed by atoms with van der Waals surface area (Å²) in [5, 5.41) is 15.1. The van der Waals surface area contributed by atoms with Crippen molar-refractivity contribution in [3.05, 3.63) is 71.8 Å².